The van der Waals surface area contributed by atoms with Gasteiger partial charge in [0.05, 0.1) is 5.56 Å². The molecule has 1 aromatic heterocycles. The van der Waals surface area contributed by atoms with E-state index in [9.17, 15) is 15.2 Å². The summed E-state index contributed by atoms with van der Waals surface area (Å²) in [7, 11) is 0. The van der Waals surface area contributed by atoms with Crippen molar-refractivity contribution in [1.29, 1.82) is 0 Å². The van der Waals surface area contributed by atoms with Crippen LogP contribution in [0.3, 0.4) is 0 Å². The summed E-state index contributed by atoms with van der Waals surface area (Å²) in [5.74, 6) is 0. The van der Waals surface area contributed by atoms with Crippen molar-refractivity contribution in [2.24, 2.45) is 0 Å². The first-order valence-electron chi connectivity index (χ1n) is 4.72. The molecule has 82 valence electrons. The van der Waals surface area contributed by atoms with E-state index in [1.807, 2.05) is 0 Å². The van der Waals surface area contributed by atoms with E-state index in [0.717, 1.165) is 6.20 Å². The molecule has 0 radical (unpaired) electrons. The van der Waals surface area contributed by atoms with Crippen molar-refractivity contribution in [3.63, 3.8) is 0 Å². The molecule has 0 saturated heterocycles. The van der Waals surface area contributed by atoms with Crippen molar-refractivity contribution >= 4 is 0 Å². The summed E-state index contributed by atoms with van der Waals surface area (Å²) < 4.78 is 0.941. The zero-order valence-corrected chi connectivity index (χ0v) is 8.62. The van der Waals surface area contributed by atoms with Gasteiger partial charge in [0.2, 0.25) is 6.20 Å². The summed E-state index contributed by atoms with van der Waals surface area (Å²) in [6, 6.07) is 8.50. The average Bonchev–Trinajstić information content (AvgIpc) is 2.28. The Morgan fingerprint density at radius 2 is 1.94 bits per heavy atom. The van der Waals surface area contributed by atoms with Crippen LogP contribution in [0.5, 0.6) is 0 Å². The minimum Gasteiger partial charge on any atom is -0.618 e. The minimum absolute atomic E-state index is 0.0892. The Kier molecular flexibility index (Phi) is 2.36. The molecule has 5 heteroatoms. The normalized spacial score (nSPS) is 10.3. The lowest BCUT2D eigenvalue weighted by Gasteiger charge is -2.06. The third-order valence-corrected chi connectivity index (χ3v) is 2.30. The largest absolute Gasteiger partial charge is 0.618 e. The summed E-state index contributed by atoms with van der Waals surface area (Å²) in [5.41, 5.74) is -0.139. The number of rotatable bonds is 1. The number of hydrogen-bond donors (Lipinski definition) is 1. The Morgan fingerprint density at radius 3 is 2.56 bits per heavy atom. The van der Waals surface area contributed by atoms with Crippen LogP contribution in [0.1, 0.15) is 5.69 Å². The molecule has 0 aliphatic heterocycles. The van der Waals surface area contributed by atoms with Gasteiger partial charge in [-0.05, 0) is 19.1 Å². The first kappa shape index (κ1) is 10.2. The molecule has 0 aliphatic rings. The summed E-state index contributed by atoms with van der Waals surface area (Å²) in [6.07, 6.45) is 1.16. The third-order valence-electron chi connectivity index (χ3n) is 2.30. The van der Waals surface area contributed by atoms with Crippen LogP contribution in [-0.4, -0.2) is 9.94 Å². The molecule has 5 nitrogen and oxygen atoms in total. The molecular weight excluding hydrogens is 208 g/mol. The van der Waals surface area contributed by atoms with Gasteiger partial charge in [-0.25, -0.2) is 0 Å². The molecule has 0 fully saturated rings. The van der Waals surface area contributed by atoms with Crippen LogP contribution in [0.15, 0.2) is 41.3 Å². The van der Waals surface area contributed by atoms with Gasteiger partial charge in [0.15, 0.2) is 0 Å². The van der Waals surface area contributed by atoms with Gasteiger partial charge in [-0.2, -0.15) is 4.73 Å². The van der Waals surface area contributed by atoms with Gasteiger partial charge in [0, 0.05) is 0 Å². The van der Waals surface area contributed by atoms with Crippen LogP contribution in [0, 0.1) is 12.1 Å². The molecule has 1 aromatic carbocycles. The molecule has 2 rings (SSSR count). The number of nitrogens with zero attached hydrogens (tertiary/aromatic N) is 2. The standard InChI is InChI=1S/C11H10N2O3/c1-8-7-12(15)10(11(14)13(8)16)9-5-3-2-4-6-9/h2-7,16H,1H3. The molecule has 1 heterocycles. The van der Waals surface area contributed by atoms with E-state index in [0.29, 0.717) is 15.0 Å². The Balaban J connectivity index is 2.77. The number of benzene rings is 1. The van der Waals surface area contributed by atoms with Crippen molar-refractivity contribution < 1.29 is 9.94 Å². The van der Waals surface area contributed by atoms with Crippen LogP contribution in [-0.2, 0) is 0 Å². The summed E-state index contributed by atoms with van der Waals surface area (Å²) in [6.45, 7) is 1.48. The molecule has 0 unspecified atom stereocenters. The molecule has 1 N–H and O–H groups in total. The molecule has 0 spiro atoms. The topological polar surface area (TPSA) is 69.2 Å². The predicted octanol–water partition coefficient (Wildman–Crippen LogP) is 0.694. The lowest BCUT2D eigenvalue weighted by atomic mass is 10.1. The third kappa shape index (κ3) is 1.52. The number of aromatic nitrogens is 2. The summed E-state index contributed by atoms with van der Waals surface area (Å²) >= 11 is 0. The lowest BCUT2D eigenvalue weighted by molar-refractivity contribution is -0.596. The van der Waals surface area contributed by atoms with Crippen LogP contribution in [0.2, 0.25) is 0 Å². The lowest BCUT2D eigenvalue weighted by Crippen LogP contribution is -2.40. The highest BCUT2D eigenvalue weighted by molar-refractivity contribution is 5.54. The molecule has 0 bridgehead atoms. The number of hydrogen-bond acceptors (Lipinski definition) is 3. The van der Waals surface area contributed by atoms with Crippen molar-refractivity contribution in [1.82, 2.24) is 4.73 Å². The monoisotopic (exact) mass is 218 g/mol. The Hall–Kier alpha value is -2.30. The molecular formula is C11H10N2O3. The second-order valence-electron chi connectivity index (χ2n) is 3.43. The highest BCUT2D eigenvalue weighted by Crippen LogP contribution is 2.10. The van der Waals surface area contributed by atoms with Crippen LogP contribution >= 0.6 is 0 Å². The Labute approximate surface area is 91.4 Å². The molecule has 0 saturated carbocycles. The molecule has 2 aromatic rings. The maximum Gasteiger partial charge on any atom is 0.357 e. The smallest absolute Gasteiger partial charge is 0.357 e. The maximum atomic E-state index is 11.7. The van der Waals surface area contributed by atoms with E-state index in [1.165, 1.54) is 6.92 Å². The second-order valence-corrected chi connectivity index (χ2v) is 3.43. The van der Waals surface area contributed by atoms with Gasteiger partial charge >= 0.3 is 5.56 Å². The van der Waals surface area contributed by atoms with Crippen molar-refractivity contribution in [3.8, 4) is 11.3 Å². The van der Waals surface area contributed by atoms with Gasteiger partial charge in [0.25, 0.3) is 5.69 Å². The van der Waals surface area contributed by atoms with E-state index >= 15 is 0 Å². The quantitative estimate of drug-likeness (QED) is 0.435. The van der Waals surface area contributed by atoms with E-state index < -0.39 is 5.56 Å². The van der Waals surface area contributed by atoms with E-state index in [4.69, 9.17) is 0 Å². The van der Waals surface area contributed by atoms with Crippen molar-refractivity contribution in [2.45, 2.75) is 6.92 Å². The summed E-state index contributed by atoms with van der Waals surface area (Å²) in [5, 5.41) is 21.0. The minimum atomic E-state index is -0.721. The van der Waals surface area contributed by atoms with Gasteiger partial charge in [0.1, 0.15) is 5.69 Å². The Bertz CT molecular complexity index is 576. The second kappa shape index (κ2) is 3.69. The first-order valence-corrected chi connectivity index (χ1v) is 4.72. The highest BCUT2D eigenvalue weighted by Gasteiger charge is 2.18. The average molecular weight is 218 g/mol. The Morgan fingerprint density at radius 1 is 1.31 bits per heavy atom. The molecule has 16 heavy (non-hydrogen) atoms. The van der Waals surface area contributed by atoms with Crippen LogP contribution in [0.25, 0.3) is 11.3 Å². The zero-order chi connectivity index (χ0) is 11.7. The van der Waals surface area contributed by atoms with Crippen LogP contribution in [0.4, 0.5) is 0 Å². The summed E-state index contributed by atoms with van der Waals surface area (Å²) in [4.78, 5) is 11.7. The van der Waals surface area contributed by atoms with E-state index in [-0.39, 0.29) is 11.4 Å². The van der Waals surface area contributed by atoms with Gasteiger partial charge in [-0.3, -0.25) is 4.79 Å². The van der Waals surface area contributed by atoms with E-state index in [1.54, 1.807) is 30.3 Å². The highest BCUT2D eigenvalue weighted by atomic mass is 16.5. The van der Waals surface area contributed by atoms with Crippen molar-refractivity contribution in [3.05, 3.63) is 57.8 Å². The molecule has 0 atom stereocenters. The zero-order valence-electron chi connectivity index (χ0n) is 8.62. The maximum absolute atomic E-state index is 11.7. The predicted molar refractivity (Wildman–Crippen MR) is 57.0 cm³/mol. The van der Waals surface area contributed by atoms with Gasteiger partial charge in [-0.1, -0.05) is 18.2 Å². The van der Waals surface area contributed by atoms with Gasteiger partial charge in [-0.15, -0.1) is 4.73 Å². The fourth-order valence-corrected chi connectivity index (χ4v) is 1.49. The molecule has 0 aliphatic carbocycles. The van der Waals surface area contributed by atoms with Crippen molar-refractivity contribution in [2.75, 3.05) is 0 Å². The first-order chi connectivity index (χ1) is 7.61. The molecule has 0 amide bonds. The van der Waals surface area contributed by atoms with Crippen LogP contribution < -0.4 is 10.3 Å². The van der Waals surface area contributed by atoms with E-state index in [2.05, 4.69) is 0 Å². The fraction of sp³-hybridized carbons (Fsp3) is 0.0909. The number of aryl methyl sites for hydroxylation is 1. The fourth-order valence-electron chi connectivity index (χ4n) is 1.49. The SMILES string of the molecule is Cc1c[n+]([O-])c(-c2ccccc2)c(=O)n1O. The van der Waals surface area contributed by atoms with Gasteiger partial charge < -0.3 is 10.4 Å².